The fourth-order valence-corrected chi connectivity index (χ4v) is 5.57. The molecule has 2 heterocycles. The van der Waals surface area contributed by atoms with Crippen molar-refractivity contribution in [3.63, 3.8) is 0 Å². The van der Waals surface area contributed by atoms with Gasteiger partial charge in [-0.25, -0.2) is 8.99 Å². The third kappa shape index (κ3) is 2.44. The maximum Gasteiger partial charge on any atom is 0.255 e. The number of hydrogen-bond donors (Lipinski definition) is 2. The summed E-state index contributed by atoms with van der Waals surface area (Å²) in [5.41, 5.74) is 3.07. The van der Waals surface area contributed by atoms with Gasteiger partial charge in [-0.3, -0.25) is 9.10 Å². The highest BCUT2D eigenvalue weighted by Gasteiger charge is 2.31. The first-order valence-corrected chi connectivity index (χ1v) is 10.2. The zero-order valence-corrected chi connectivity index (χ0v) is 15.6. The van der Waals surface area contributed by atoms with Gasteiger partial charge in [0.1, 0.15) is 0 Å². The van der Waals surface area contributed by atoms with E-state index < -0.39 is 9.92 Å². The van der Waals surface area contributed by atoms with Crippen LogP contribution in [0.25, 0.3) is 10.8 Å². The molecule has 1 aliphatic heterocycles. The molecule has 4 rings (SSSR count). The smallest absolute Gasteiger partial charge is 0.255 e. The molecular weight excluding hydrogens is 346 g/mol. The fourth-order valence-electron chi connectivity index (χ4n) is 3.79. The highest BCUT2D eigenvalue weighted by Crippen LogP contribution is 2.38. The van der Waals surface area contributed by atoms with Crippen molar-refractivity contribution in [3.8, 4) is 0 Å². The Morgan fingerprint density at radius 3 is 2.65 bits per heavy atom. The Morgan fingerprint density at radius 2 is 1.88 bits per heavy atom. The van der Waals surface area contributed by atoms with E-state index in [0.29, 0.717) is 28.1 Å². The van der Waals surface area contributed by atoms with E-state index in [1.54, 1.807) is 34.8 Å². The largest absolute Gasteiger partial charge is 0.329 e. The average molecular weight is 367 g/mol. The van der Waals surface area contributed by atoms with Crippen molar-refractivity contribution in [2.24, 2.45) is 0 Å². The molecule has 1 aromatic heterocycles. The van der Waals surface area contributed by atoms with Crippen molar-refractivity contribution in [1.29, 1.82) is 4.78 Å². The molecule has 0 spiro atoms. The molecule has 5 nitrogen and oxygen atoms in total. The SMILES string of the molecule is CC(C)c1cccc2c1CCN2S(=N)(=O)c1cccc2c(=O)[nH]ccc12. The number of nitrogens with one attached hydrogen (secondary N) is 2. The first-order valence-electron chi connectivity index (χ1n) is 8.70. The standard InChI is InChI=1S/C20H21N3O2S/c1-13(2)14-5-3-7-18-15(14)10-12-23(18)26(21,25)19-8-4-6-17-16(19)9-11-22-20(17)24/h3-9,11,13,21H,10,12H2,1-2H3,(H,22,24). The molecule has 0 bridgehead atoms. The first kappa shape index (κ1) is 16.8. The van der Waals surface area contributed by atoms with E-state index in [-0.39, 0.29) is 5.56 Å². The Hall–Kier alpha value is -2.60. The van der Waals surface area contributed by atoms with Crippen molar-refractivity contribution < 1.29 is 4.21 Å². The number of aromatic amines is 1. The molecule has 3 aromatic rings. The molecule has 2 aromatic carbocycles. The second kappa shape index (κ2) is 5.99. The Labute approximate surface area is 152 Å². The Bertz CT molecular complexity index is 1160. The minimum absolute atomic E-state index is 0.233. The lowest BCUT2D eigenvalue weighted by Crippen LogP contribution is -2.28. The van der Waals surface area contributed by atoms with E-state index >= 15 is 0 Å². The highest BCUT2D eigenvalue weighted by molar-refractivity contribution is 7.94. The third-order valence-corrected chi connectivity index (χ3v) is 6.98. The molecule has 0 saturated heterocycles. The van der Waals surface area contributed by atoms with Gasteiger partial charge in [0.05, 0.1) is 10.6 Å². The quantitative estimate of drug-likeness (QED) is 0.733. The minimum Gasteiger partial charge on any atom is -0.329 e. The van der Waals surface area contributed by atoms with Crippen LogP contribution >= 0.6 is 0 Å². The maximum atomic E-state index is 13.6. The molecular formula is C20H21N3O2S. The number of H-pyrrole nitrogens is 1. The van der Waals surface area contributed by atoms with Gasteiger partial charge in [0.15, 0.2) is 9.92 Å². The van der Waals surface area contributed by atoms with Gasteiger partial charge in [-0.15, -0.1) is 0 Å². The van der Waals surface area contributed by atoms with Crippen LogP contribution < -0.4 is 9.86 Å². The van der Waals surface area contributed by atoms with Crippen molar-refractivity contribution in [3.05, 3.63) is 70.1 Å². The highest BCUT2D eigenvalue weighted by atomic mass is 32.2. The monoisotopic (exact) mass is 367 g/mol. The third-order valence-electron chi connectivity index (χ3n) is 5.03. The number of benzene rings is 2. The summed E-state index contributed by atoms with van der Waals surface area (Å²) < 4.78 is 24.1. The minimum atomic E-state index is -3.26. The molecule has 0 aliphatic carbocycles. The summed E-state index contributed by atoms with van der Waals surface area (Å²) in [6.45, 7) is 4.83. The molecule has 6 heteroatoms. The number of nitrogens with zero attached hydrogens (tertiary/aromatic N) is 1. The molecule has 2 N–H and O–H groups in total. The predicted octanol–water partition coefficient (Wildman–Crippen LogP) is 4.03. The van der Waals surface area contributed by atoms with Crippen LogP contribution in [0.15, 0.2) is 58.4 Å². The van der Waals surface area contributed by atoms with E-state index in [4.69, 9.17) is 4.78 Å². The maximum absolute atomic E-state index is 13.6. The van der Waals surface area contributed by atoms with Gasteiger partial charge in [0.2, 0.25) is 0 Å². The van der Waals surface area contributed by atoms with Crippen LogP contribution in [0.3, 0.4) is 0 Å². The number of aromatic nitrogens is 1. The number of rotatable bonds is 3. The number of pyridine rings is 1. The number of fused-ring (bicyclic) bond motifs is 2. The molecule has 0 radical (unpaired) electrons. The summed E-state index contributed by atoms with van der Waals surface area (Å²) in [7, 11) is -3.26. The average Bonchev–Trinajstić information content (AvgIpc) is 3.06. The van der Waals surface area contributed by atoms with Crippen LogP contribution in [0, 0.1) is 4.78 Å². The lowest BCUT2D eigenvalue weighted by atomic mass is 9.96. The van der Waals surface area contributed by atoms with Crippen LogP contribution in [-0.2, 0) is 16.3 Å². The molecule has 26 heavy (non-hydrogen) atoms. The topological polar surface area (TPSA) is 77.0 Å². The lowest BCUT2D eigenvalue weighted by Gasteiger charge is -2.24. The summed E-state index contributed by atoms with van der Waals surface area (Å²) in [6.07, 6.45) is 2.32. The van der Waals surface area contributed by atoms with Gasteiger partial charge in [-0.1, -0.05) is 32.0 Å². The van der Waals surface area contributed by atoms with Gasteiger partial charge in [-0.2, -0.15) is 0 Å². The van der Waals surface area contributed by atoms with Crippen LogP contribution in [0.1, 0.15) is 30.9 Å². The van der Waals surface area contributed by atoms with Crippen molar-refractivity contribution in [2.75, 3.05) is 10.8 Å². The van der Waals surface area contributed by atoms with Gasteiger partial charge < -0.3 is 4.98 Å². The van der Waals surface area contributed by atoms with E-state index in [0.717, 1.165) is 12.1 Å². The van der Waals surface area contributed by atoms with Crippen LogP contribution in [-0.4, -0.2) is 15.7 Å². The van der Waals surface area contributed by atoms with E-state index in [2.05, 4.69) is 24.9 Å². The van der Waals surface area contributed by atoms with Gasteiger partial charge in [0, 0.05) is 23.5 Å². The summed E-state index contributed by atoms with van der Waals surface area (Å²) >= 11 is 0. The Morgan fingerprint density at radius 1 is 1.12 bits per heavy atom. The van der Waals surface area contributed by atoms with E-state index in [9.17, 15) is 9.00 Å². The molecule has 1 aliphatic rings. The molecule has 0 fully saturated rings. The number of hydrogen-bond acceptors (Lipinski definition) is 3. The van der Waals surface area contributed by atoms with Gasteiger partial charge >= 0.3 is 0 Å². The molecule has 134 valence electrons. The molecule has 0 saturated carbocycles. The summed E-state index contributed by atoms with van der Waals surface area (Å²) in [5, 5.41) is 1.03. The summed E-state index contributed by atoms with van der Waals surface area (Å²) in [5.74, 6) is 0.378. The number of anilines is 1. The molecule has 1 atom stereocenters. The summed E-state index contributed by atoms with van der Waals surface area (Å²) in [6, 6.07) is 12.8. The normalized spacial score (nSPS) is 16.0. The van der Waals surface area contributed by atoms with Crippen molar-refractivity contribution >= 4 is 26.4 Å². The molecule has 1 unspecified atom stereocenters. The Kier molecular flexibility index (Phi) is 3.88. The molecule has 0 amide bonds. The van der Waals surface area contributed by atoms with Crippen LogP contribution in [0.5, 0.6) is 0 Å². The predicted molar refractivity (Wildman–Crippen MR) is 105 cm³/mol. The van der Waals surface area contributed by atoms with Crippen LogP contribution in [0.2, 0.25) is 0 Å². The van der Waals surface area contributed by atoms with Crippen LogP contribution in [0.4, 0.5) is 5.69 Å². The zero-order chi connectivity index (χ0) is 18.5. The van der Waals surface area contributed by atoms with E-state index in [1.807, 2.05) is 12.1 Å². The van der Waals surface area contributed by atoms with Crippen molar-refractivity contribution in [2.45, 2.75) is 31.1 Å². The zero-order valence-electron chi connectivity index (χ0n) is 14.8. The van der Waals surface area contributed by atoms with Gasteiger partial charge in [-0.05, 0) is 47.7 Å². The second-order valence-corrected chi connectivity index (χ2v) is 8.83. The second-order valence-electron chi connectivity index (χ2n) is 6.90. The summed E-state index contributed by atoms with van der Waals surface area (Å²) in [4.78, 5) is 15.1. The lowest BCUT2D eigenvalue weighted by molar-refractivity contribution is 0.672. The van der Waals surface area contributed by atoms with Crippen molar-refractivity contribution in [1.82, 2.24) is 4.98 Å². The Balaban J connectivity index is 1.91. The van der Waals surface area contributed by atoms with E-state index in [1.165, 1.54) is 11.1 Å². The van der Waals surface area contributed by atoms with Gasteiger partial charge in [0.25, 0.3) is 5.56 Å². The first-order chi connectivity index (χ1) is 12.4. The fraction of sp³-hybridized carbons (Fsp3) is 0.250.